The van der Waals surface area contributed by atoms with Crippen LogP contribution in [-0.4, -0.2) is 19.2 Å². The van der Waals surface area contributed by atoms with Gasteiger partial charge in [0.2, 0.25) is 0 Å². The molecule has 2 nitrogen and oxygen atoms in total. The van der Waals surface area contributed by atoms with Gasteiger partial charge < -0.3 is 4.74 Å². The van der Waals surface area contributed by atoms with Gasteiger partial charge in [0.25, 0.3) is 0 Å². The summed E-state index contributed by atoms with van der Waals surface area (Å²) in [5.41, 5.74) is 0. The van der Waals surface area contributed by atoms with Crippen molar-refractivity contribution in [3.05, 3.63) is 30.6 Å². The van der Waals surface area contributed by atoms with Crippen LogP contribution in [0.25, 0.3) is 0 Å². The Bertz CT molecular complexity index is 91.8. The third kappa shape index (κ3) is 7.11. The van der Waals surface area contributed by atoms with Gasteiger partial charge in [-0.25, -0.2) is 0 Å². The predicted molar refractivity (Wildman–Crippen MR) is 37.2 cm³/mol. The minimum absolute atomic E-state index is 1.62. The highest BCUT2D eigenvalue weighted by molar-refractivity contribution is 4.88. The number of nitrogens with zero attached hydrogens (tertiary/aromatic N) is 1. The topological polar surface area (TPSA) is 22.1 Å². The van der Waals surface area contributed by atoms with E-state index in [1.54, 1.807) is 26.6 Å². The molecule has 0 radical (unpaired) electrons. The molecule has 0 aliphatic rings. The number of pyridine rings is 1. The van der Waals surface area contributed by atoms with E-state index in [0.717, 1.165) is 0 Å². The number of hydrogen-bond donors (Lipinski definition) is 0. The molecule has 0 amide bonds. The zero-order valence-electron chi connectivity index (χ0n) is 5.74. The summed E-state index contributed by atoms with van der Waals surface area (Å²) in [7, 11) is 3.25. The number of methoxy groups -OCH3 is 1. The van der Waals surface area contributed by atoms with Gasteiger partial charge in [0, 0.05) is 26.6 Å². The van der Waals surface area contributed by atoms with Gasteiger partial charge in [-0.3, -0.25) is 4.98 Å². The summed E-state index contributed by atoms with van der Waals surface area (Å²) in [5.74, 6) is 0. The van der Waals surface area contributed by atoms with Crippen molar-refractivity contribution in [2.45, 2.75) is 0 Å². The maximum absolute atomic E-state index is 4.25. The molecule has 0 fully saturated rings. The van der Waals surface area contributed by atoms with E-state index in [9.17, 15) is 0 Å². The first-order chi connectivity index (χ1) is 4.41. The highest BCUT2D eigenvalue weighted by atomic mass is 16.4. The lowest BCUT2D eigenvalue weighted by Crippen LogP contribution is -1.58. The Balaban J connectivity index is 0.000000187. The number of ether oxygens (including phenoxy) is 1. The Labute approximate surface area is 55.5 Å². The van der Waals surface area contributed by atoms with Gasteiger partial charge in [-0.15, -0.1) is 0 Å². The molecule has 2 heteroatoms. The van der Waals surface area contributed by atoms with E-state index in [4.69, 9.17) is 0 Å². The fraction of sp³-hybridized carbons (Fsp3) is 0.286. The molecule has 0 aromatic carbocycles. The summed E-state index contributed by atoms with van der Waals surface area (Å²) in [4.78, 5) is 3.78. The Hall–Kier alpha value is -0.890. The zero-order valence-corrected chi connectivity index (χ0v) is 5.74. The summed E-state index contributed by atoms with van der Waals surface area (Å²) >= 11 is 0. The summed E-state index contributed by atoms with van der Waals surface area (Å²) < 4.78 is 4.25. The molecule has 0 unspecified atom stereocenters. The molecular formula is C7H11NO. The highest BCUT2D eigenvalue weighted by Crippen LogP contribution is 1.73. The van der Waals surface area contributed by atoms with E-state index >= 15 is 0 Å². The third-order valence-corrected chi connectivity index (χ3v) is 0.566. The quantitative estimate of drug-likeness (QED) is 0.522. The van der Waals surface area contributed by atoms with Gasteiger partial charge in [0.05, 0.1) is 0 Å². The standard InChI is InChI=1S/C5H5N.C2H6O/c1-2-4-6-5-3-1;1-3-2/h1-5H;1-2H3. The molecule has 0 aliphatic carbocycles. The molecule has 0 saturated heterocycles. The fourth-order valence-electron chi connectivity index (χ4n) is 0.313. The Morgan fingerprint density at radius 1 is 1.00 bits per heavy atom. The van der Waals surface area contributed by atoms with Crippen LogP contribution in [0.15, 0.2) is 30.6 Å². The second-order valence-electron chi connectivity index (χ2n) is 1.43. The molecule has 0 saturated carbocycles. The Morgan fingerprint density at radius 2 is 1.44 bits per heavy atom. The lowest BCUT2D eigenvalue weighted by molar-refractivity contribution is 0.277. The van der Waals surface area contributed by atoms with E-state index < -0.39 is 0 Å². The van der Waals surface area contributed by atoms with Gasteiger partial charge in [0.1, 0.15) is 0 Å². The van der Waals surface area contributed by atoms with Crippen LogP contribution in [0.4, 0.5) is 0 Å². The molecular weight excluding hydrogens is 114 g/mol. The molecule has 1 heterocycles. The molecule has 9 heavy (non-hydrogen) atoms. The summed E-state index contributed by atoms with van der Waals surface area (Å²) in [6.45, 7) is 0. The predicted octanol–water partition coefficient (Wildman–Crippen LogP) is 1.34. The van der Waals surface area contributed by atoms with Crippen molar-refractivity contribution in [3.63, 3.8) is 0 Å². The number of aromatic nitrogens is 1. The minimum Gasteiger partial charge on any atom is -0.388 e. The van der Waals surface area contributed by atoms with Crippen LogP contribution in [0.1, 0.15) is 0 Å². The average molecular weight is 125 g/mol. The maximum Gasteiger partial charge on any atom is 0.0351 e. The molecule has 0 spiro atoms. The Morgan fingerprint density at radius 3 is 1.56 bits per heavy atom. The van der Waals surface area contributed by atoms with Crippen molar-refractivity contribution in [2.24, 2.45) is 0 Å². The van der Waals surface area contributed by atoms with Gasteiger partial charge in [-0.1, -0.05) is 6.07 Å². The highest BCUT2D eigenvalue weighted by Gasteiger charge is 1.58. The van der Waals surface area contributed by atoms with Crippen molar-refractivity contribution in [1.82, 2.24) is 4.98 Å². The molecule has 1 rings (SSSR count). The molecule has 0 atom stereocenters. The van der Waals surface area contributed by atoms with Crippen molar-refractivity contribution < 1.29 is 4.74 Å². The zero-order chi connectivity index (χ0) is 6.95. The maximum atomic E-state index is 4.25. The lowest BCUT2D eigenvalue weighted by atomic mass is 10.5. The number of hydrogen-bond acceptors (Lipinski definition) is 2. The summed E-state index contributed by atoms with van der Waals surface area (Å²) in [6, 6.07) is 5.72. The Kier molecular flexibility index (Phi) is 6.41. The molecule has 1 aromatic heterocycles. The lowest BCUT2D eigenvalue weighted by Gasteiger charge is -1.70. The molecule has 0 N–H and O–H groups in total. The van der Waals surface area contributed by atoms with E-state index in [2.05, 4.69) is 9.72 Å². The van der Waals surface area contributed by atoms with Crippen molar-refractivity contribution >= 4 is 0 Å². The van der Waals surface area contributed by atoms with E-state index in [1.165, 1.54) is 0 Å². The summed E-state index contributed by atoms with van der Waals surface area (Å²) in [5, 5.41) is 0. The average Bonchev–Trinajstić information content (AvgIpc) is 1.93. The van der Waals surface area contributed by atoms with Crippen LogP contribution >= 0.6 is 0 Å². The fourth-order valence-corrected chi connectivity index (χ4v) is 0.313. The molecule has 1 aromatic rings. The SMILES string of the molecule is COC.c1ccncc1. The van der Waals surface area contributed by atoms with Gasteiger partial charge in [0.15, 0.2) is 0 Å². The molecule has 0 aliphatic heterocycles. The van der Waals surface area contributed by atoms with Gasteiger partial charge in [-0.2, -0.15) is 0 Å². The van der Waals surface area contributed by atoms with E-state index in [-0.39, 0.29) is 0 Å². The second kappa shape index (κ2) is 7.11. The first-order valence-electron chi connectivity index (χ1n) is 2.67. The normalized spacial score (nSPS) is 7.33. The van der Waals surface area contributed by atoms with Crippen molar-refractivity contribution in [1.29, 1.82) is 0 Å². The van der Waals surface area contributed by atoms with Crippen LogP contribution in [0.3, 0.4) is 0 Å². The van der Waals surface area contributed by atoms with Crippen LogP contribution in [0.2, 0.25) is 0 Å². The monoisotopic (exact) mass is 125 g/mol. The smallest absolute Gasteiger partial charge is 0.0351 e. The molecule has 0 bridgehead atoms. The van der Waals surface area contributed by atoms with Crippen LogP contribution in [0, 0.1) is 0 Å². The second-order valence-corrected chi connectivity index (χ2v) is 1.43. The first kappa shape index (κ1) is 8.11. The third-order valence-electron chi connectivity index (χ3n) is 0.566. The van der Waals surface area contributed by atoms with E-state index in [0.29, 0.717) is 0 Å². The molecule has 50 valence electrons. The van der Waals surface area contributed by atoms with Crippen LogP contribution in [-0.2, 0) is 4.74 Å². The van der Waals surface area contributed by atoms with Crippen LogP contribution < -0.4 is 0 Å². The first-order valence-corrected chi connectivity index (χ1v) is 2.67. The van der Waals surface area contributed by atoms with E-state index in [1.807, 2.05) is 18.2 Å². The number of rotatable bonds is 0. The minimum atomic E-state index is 1.62. The van der Waals surface area contributed by atoms with Crippen LogP contribution in [0.5, 0.6) is 0 Å². The van der Waals surface area contributed by atoms with Crippen molar-refractivity contribution in [3.8, 4) is 0 Å². The van der Waals surface area contributed by atoms with Crippen molar-refractivity contribution in [2.75, 3.05) is 14.2 Å². The van der Waals surface area contributed by atoms with Gasteiger partial charge in [-0.05, 0) is 12.1 Å². The largest absolute Gasteiger partial charge is 0.388 e. The van der Waals surface area contributed by atoms with Gasteiger partial charge >= 0.3 is 0 Å². The summed E-state index contributed by atoms with van der Waals surface area (Å²) in [6.07, 6.45) is 3.50.